The average Bonchev–Trinajstić information content (AvgIpc) is 2.38. The van der Waals surface area contributed by atoms with Crippen LogP contribution in [0, 0.1) is 22.9 Å². The van der Waals surface area contributed by atoms with Gasteiger partial charge < -0.3 is 0 Å². The number of halogens is 1. The molecule has 0 saturated carbocycles. The van der Waals surface area contributed by atoms with Gasteiger partial charge in [-0.05, 0) is 36.2 Å². The zero-order chi connectivity index (χ0) is 14.7. The van der Waals surface area contributed by atoms with Gasteiger partial charge in [-0.2, -0.15) is 0 Å². The molecule has 4 nitrogen and oxygen atoms in total. The van der Waals surface area contributed by atoms with Gasteiger partial charge in [0.2, 0.25) is 0 Å². The first kappa shape index (κ1) is 13.9. The zero-order valence-corrected chi connectivity index (χ0v) is 10.8. The maximum atomic E-state index is 13.2. The number of nitrogens with zero attached hydrogens (tertiary/aromatic N) is 1. The van der Waals surface area contributed by atoms with Crippen LogP contribution < -0.4 is 0 Å². The first-order valence-electron chi connectivity index (χ1n) is 5.99. The van der Waals surface area contributed by atoms with E-state index in [1.54, 1.807) is 13.0 Å². The number of non-ortho nitro benzene ring substituents is 1. The second-order valence-corrected chi connectivity index (χ2v) is 4.54. The number of hydrogen-bond donors (Lipinski definition) is 0. The molecule has 0 radical (unpaired) electrons. The van der Waals surface area contributed by atoms with Gasteiger partial charge in [0.05, 0.1) is 4.92 Å². The van der Waals surface area contributed by atoms with Crippen LogP contribution in [-0.2, 0) is 6.42 Å². The van der Waals surface area contributed by atoms with Crippen molar-refractivity contribution in [3.63, 3.8) is 0 Å². The number of nitro groups is 1. The van der Waals surface area contributed by atoms with Crippen molar-refractivity contribution in [2.75, 3.05) is 0 Å². The lowest BCUT2D eigenvalue weighted by atomic mass is 10.0. The number of hydrogen-bond acceptors (Lipinski definition) is 3. The topological polar surface area (TPSA) is 60.2 Å². The van der Waals surface area contributed by atoms with Crippen molar-refractivity contribution in [2.45, 2.75) is 13.3 Å². The highest BCUT2D eigenvalue weighted by Gasteiger charge is 2.10. The lowest BCUT2D eigenvalue weighted by Crippen LogP contribution is -2.04. The van der Waals surface area contributed by atoms with Crippen LogP contribution in [0.1, 0.15) is 21.5 Å². The summed E-state index contributed by atoms with van der Waals surface area (Å²) < 4.78 is 13.2. The molecule has 102 valence electrons. The predicted molar refractivity (Wildman–Crippen MR) is 72.3 cm³/mol. The van der Waals surface area contributed by atoms with Crippen LogP contribution in [-0.4, -0.2) is 10.7 Å². The summed E-state index contributed by atoms with van der Waals surface area (Å²) in [6.07, 6.45) is 0.0842. The van der Waals surface area contributed by atoms with Crippen molar-refractivity contribution < 1.29 is 14.1 Å². The van der Waals surface area contributed by atoms with Gasteiger partial charge in [0.15, 0.2) is 5.78 Å². The van der Waals surface area contributed by atoms with Crippen molar-refractivity contribution in [3.05, 3.63) is 75.1 Å². The van der Waals surface area contributed by atoms with E-state index >= 15 is 0 Å². The Morgan fingerprint density at radius 3 is 2.40 bits per heavy atom. The minimum atomic E-state index is -0.498. The van der Waals surface area contributed by atoms with Gasteiger partial charge in [-0.25, -0.2) is 4.39 Å². The lowest BCUT2D eigenvalue weighted by molar-refractivity contribution is -0.384. The minimum Gasteiger partial charge on any atom is -0.294 e. The van der Waals surface area contributed by atoms with E-state index in [2.05, 4.69) is 0 Å². The molecule has 0 heterocycles. The lowest BCUT2D eigenvalue weighted by Gasteiger charge is -2.03. The molecule has 0 bridgehead atoms. The van der Waals surface area contributed by atoms with Gasteiger partial charge in [0.25, 0.3) is 5.69 Å². The van der Waals surface area contributed by atoms with Crippen molar-refractivity contribution in [1.82, 2.24) is 0 Å². The number of nitro benzene ring substituents is 1. The molecule has 20 heavy (non-hydrogen) atoms. The van der Waals surface area contributed by atoms with E-state index in [4.69, 9.17) is 0 Å². The summed E-state index contributed by atoms with van der Waals surface area (Å²) in [4.78, 5) is 22.1. The molecular weight excluding hydrogens is 261 g/mol. The highest BCUT2D eigenvalue weighted by Crippen LogP contribution is 2.15. The standard InChI is InChI=1S/C15H12FNO3/c1-10-6-12(9-13(16)7-10)15(18)8-11-2-4-14(5-3-11)17(19)20/h2-7,9H,8H2,1H3. The van der Waals surface area contributed by atoms with Crippen molar-refractivity contribution in [1.29, 1.82) is 0 Å². The molecule has 0 N–H and O–H groups in total. The van der Waals surface area contributed by atoms with Crippen LogP contribution in [0.3, 0.4) is 0 Å². The molecule has 0 unspecified atom stereocenters. The molecule has 2 aromatic rings. The van der Waals surface area contributed by atoms with Gasteiger partial charge in [-0.1, -0.05) is 12.1 Å². The molecule has 0 amide bonds. The third-order valence-corrected chi connectivity index (χ3v) is 2.88. The largest absolute Gasteiger partial charge is 0.294 e. The van der Waals surface area contributed by atoms with Gasteiger partial charge in [0.1, 0.15) is 5.82 Å². The maximum Gasteiger partial charge on any atom is 0.269 e. The Morgan fingerprint density at radius 2 is 1.85 bits per heavy atom. The Labute approximate surface area is 115 Å². The first-order chi connectivity index (χ1) is 9.45. The van der Waals surface area contributed by atoms with Gasteiger partial charge in [-0.15, -0.1) is 0 Å². The number of benzene rings is 2. The summed E-state index contributed by atoms with van der Waals surface area (Å²) in [5.74, 6) is -0.668. The van der Waals surface area contributed by atoms with Crippen molar-refractivity contribution in [2.24, 2.45) is 0 Å². The van der Waals surface area contributed by atoms with E-state index in [9.17, 15) is 19.3 Å². The summed E-state index contributed by atoms with van der Waals surface area (Å²) in [5.41, 5.74) is 1.61. The second-order valence-electron chi connectivity index (χ2n) is 4.54. The van der Waals surface area contributed by atoms with E-state index in [-0.39, 0.29) is 17.9 Å². The molecule has 5 heteroatoms. The molecule has 0 aromatic heterocycles. The molecule has 0 fully saturated rings. The molecule has 0 saturated heterocycles. The number of carbonyl (C=O) groups is 1. The van der Waals surface area contributed by atoms with E-state index in [0.717, 1.165) is 0 Å². The Hall–Kier alpha value is -2.56. The zero-order valence-electron chi connectivity index (χ0n) is 10.8. The smallest absolute Gasteiger partial charge is 0.269 e. The van der Waals surface area contributed by atoms with Crippen LogP contribution in [0.4, 0.5) is 10.1 Å². The average molecular weight is 273 g/mol. The maximum absolute atomic E-state index is 13.2. The molecule has 0 aliphatic heterocycles. The van der Waals surface area contributed by atoms with Crippen LogP contribution in [0.5, 0.6) is 0 Å². The van der Waals surface area contributed by atoms with Crippen LogP contribution >= 0.6 is 0 Å². The summed E-state index contributed by atoms with van der Waals surface area (Å²) in [5, 5.41) is 10.5. The highest BCUT2D eigenvalue weighted by molar-refractivity contribution is 5.97. The fourth-order valence-electron chi connectivity index (χ4n) is 1.92. The molecule has 0 atom stereocenters. The Morgan fingerprint density at radius 1 is 1.20 bits per heavy atom. The Balaban J connectivity index is 2.16. The van der Waals surface area contributed by atoms with Gasteiger partial charge in [-0.3, -0.25) is 14.9 Å². The summed E-state index contributed by atoms with van der Waals surface area (Å²) in [7, 11) is 0. The number of Topliss-reactive ketones (excluding diaryl/α,β-unsaturated/α-hetero) is 1. The molecule has 2 rings (SSSR count). The fraction of sp³-hybridized carbons (Fsp3) is 0.133. The SMILES string of the molecule is Cc1cc(F)cc(C(=O)Cc2ccc([N+](=O)[O-])cc2)c1. The number of aryl methyl sites for hydroxylation is 1. The van der Waals surface area contributed by atoms with E-state index in [1.165, 1.54) is 36.4 Å². The predicted octanol–water partition coefficient (Wildman–Crippen LogP) is 3.47. The number of ketones is 1. The normalized spacial score (nSPS) is 10.3. The van der Waals surface area contributed by atoms with Crippen molar-refractivity contribution >= 4 is 11.5 Å². The third kappa shape index (κ3) is 3.26. The monoisotopic (exact) mass is 273 g/mol. The van der Waals surface area contributed by atoms with E-state index in [0.29, 0.717) is 16.7 Å². The Kier molecular flexibility index (Phi) is 3.89. The second kappa shape index (κ2) is 5.61. The molecular formula is C15H12FNO3. The van der Waals surface area contributed by atoms with Crippen LogP contribution in [0.2, 0.25) is 0 Å². The van der Waals surface area contributed by atoms with E-state index in [1.807, 2.05) is 0 Å². The molecule has 0 aliphatic carbocycles. The highest BCUT2D eigenvalue weighted by atomic mass is 19.1. The van der Waals surface area contributed by atoms with Gasteiger partial charge >= 0.3 is 0 Å². The van der Waals surface area contributed by atoms with E-state index < -0.39 is 10.7 Å². The molecule has 0 spiro atoms. The quantitative estimate of drug-likeness (QED) is 0.487. The first-order valence-corrected chi connectivity index (χ1v) is 5.99. The summed E-state index contributed by atoms with van der Waals surface area (Å²) in [6.45, 7) is 1.71. The number of rotatable bonds is 4. The fourth-order valence-corrected chi connectivity index (χ4v) is 1.92. The van der Waals surface area contributed by atoms with Crippen LogP contribution in [0.25, 0.3) is 0 Å². The molecule has 2 aromatic carbocycles. The summed E-state index contributed by atoms with van der Waals surface area (Å²) in [6, 6.07) is 9.92. The molecule has 0 aliphatic rings. The minimum absolute atomic E-state index is 0.0252. The van der Waals surface area contributed by atoms with Gasteiger partial charge in [0, 0.05) is 24.1 Å². The Bertz CT molecular complexity index is 645. The summed E-state index contributed by atoms with van der Waals surface area (Å²) >= 11 is 0. The van der Waals surface area contributed by atoms with Crippen molar-refractivity contribution in [3.8, 4) is 0 Å². The third-order valence-electron chi connectivity index (χ3n) is 2.88. The van der Waals surface area contributed by atoms with Crippen LogP contribution in [0.15, 0.2) is 42.5 Å². The number of carbonyl (C=O) groups excluding carboxylic acids is 1.